The second-order valence-corrected chi connectivity index (χ2v) is 3.44. The Labute approximate surface area is 104 Å². The van der Waals surface area contributed by atoms with Gasteiger partial charge in [0.1, 0.15) is 17.3 Å². The number of ether oxygens (including phenoxy) is 1. The Bertz CT molecular complexity index is 615. The molecular formula is C10H7F3N4O2. The van der Waals surface area contributed by atoms with Gasteiger partial charge >= 0.3 is 6.61 Å². The lowest BCUT2D eigenvalue weighted by atomic mass is 10.1. The predicted molar refractivity (Wildman–Crippen MR) is 56.9 cm³/mol. The Kier molecular flexibility index (Phi) is 3.36. The van der Waals surface area contributed by atoms with Crippen molar-refractivity contribution < 1.29 is 22.7 Å². The first-order chi connectivity index (χ1) is 8.97. The molecule has 9 heteroatoms. The molecule has 0 fully saturated rings. The SMILES string of the molecule is NC(=O)c1n[nH]nc1-c1cc(F)cc(OC(F)F)c1. The molecule has 2 rings (SSSR count). The number of hydrogen-bond acceptors (Lipinski definition) is 4. The van der Waals surface area contributed by atoms with Crippen molar-refractivity contribution in [2.24, 2.45) is 5.73 Å². The van der Waals surface area contributed by atoms with E-state index in [0.717, 1.165) is 18.2 Å². The van der Waals surface area contributed by atoms with Gasteiger partial charge in [-0.1, -0.05) is 0 Å². The third-order valence-electron chi connectivity index (χ3n) is 2.15. The Morgan fingerprint density at radius 1 is 1.32 bits per heavy atom. The fourth-order valence-corrected chi connectivity index (χ4v) is 1.47. The van der Waals surface area contributed by atoms with Crippen LogP contribution in [0.5, 0.6) is 5.75 Å². The number of nitrogens with two attached hydrogens (primary N) is 1. The Morgan fingerprint density at radius 3 is 2.68 bits per heavy atom. The van der Waals surface area contributed by atoms with Crippen molar-refractivity contribution in [3.8, 4) is 17.0 Å². The molecule has 6 nitrogen and oxygen atoms in total. The van der Waals surface area contributed by atoms with E-state index in [1.54, 1.807) is 0 Å². The number of hydrogen-bond donors (Lipinski definition) is 2. The van der Waals surface area contributed by atoms with Gasteiger partial charge in [-0.3, -0.25) is 4.79 Å². The number of halogens is 3. The van der Waals surface area contributed by atoms with Crippen molar-refractivity contribution >= 4 is 5.91 Å². The topological polar surface area (TPSA) is 93.9 Å². The molecule has 100 valence electrons. The maximum atomic E-state index is 13.3. The smallest absolute Gasteiger partial charge is 0.387 e. The van der Waals surface area contributed by atoms with Crippen molar-refractivity contribution in [2.45, 2.75) is 6.61 Å². The molecule has 0 aliphatic carbocycles. The number of alkyl halides is 2. The van der Waals surface area contributed by atoms with Crippen LogP contribution in [0.4, 0.5) is 13.2 Å². The summed E-state index contributed by atoms with van der Waals surface area (Å²) in [5.41, 5.74) is 4.81. The van der Waals surface area contributed by atoms with Crippen LogP contribution < -0.4 is 10.5 Å². The summed E-state index contributed by atoms with van der Waals surface area (Å²) in [7, 11) is 0. The summed E-state index contributed by atoms with van der Waals surface area (Å²) in [5.74, 6) is -2.11. The molecule has 0 aliphatic heterocycles. The van der Waals surface area contributed by atoms with Crippen LogP contribution in [0.3, 0.4) is 0 Å². The first-order valence-electron chi connectivity index (χ1n) is 4.93. The first-order valence-corrected chi connectivity index (χ1v) is 4.93. The molecule has 0 atom stereocenters. The van der Waals surface area contributed by atoms with Crippen LogP contribution in [0.15, 0.2) is 18.2 Å². The fraction of sp³-hybridized carbons (Fsp3) is 0.100. The maximum absolute atomic E-state index is 13.3. The Hall–Kier alpha value is -2.58. The summed E-state index contributed by atoms with van der Waals surface area (Å²) >= 11 is 0. The van der Waals surface area contributed by atoms with Gasteiger partial charge in [0.05, 0.1) is 0 Å². The number of carbonyl (C=O) groups is 1. The largest absolute Gasteiger partial charge is 0.435 e. The zero-order chi connectivity index (χ0) is 14.0. The number of aromatic amines is 1. The first kappa shape index (κ1) is 12.9. The number of primary amides is 1. The van der Waals surface area contributed by atoms with E-state index in [4.69, 9.17) is 5.73 Å². The second kappa shape index (κ2) is 4.96. The summed E-state index contributed by atoms with van der Waals surface area (Å²) < 4.78 is 41.6. The van der Waals surface area contributed by atoms with E-state index < -0.39 is 24.1 Å². The summed E-state index contributed by atoms with van der Waals surface area (Å²) in [4.78, 5) is 11.1. The van der Waals surface area contributed by atoms with Crippen LogP contribution in [0.2, 0.25) is 0 Å². The van der Waals surface area contributed by atoms with Gasteiger partial charge < -0.3 is 10.5 Å². The van der Waals surface area contributed by atoms with Gasteiger partial charge in [0.15, 0.2) is 5.69 Å². The maximum Gasteiger partial charge on any atom is 0.387 e. The number of carbonyl (C=O) groups excluding carboxylic acids is 1. The van der Waals surface area contributed by atoms with Gasteiger partial charge in [0, 0.05) is 11.6 Å². The molecule has 0 saturated heterocycles. The summed E-state index contributed by atoms with van der Waals surface area (Å²) in [6.07, 6.45) is 0. The fourth-order valence-electron chi connectivity index (χ4n) is 1.47. The van der Waals surface area contributed by atoms with Gasteiger partial charge in [0.25, 0.3) is 5.91 Å². The van der Waals surface area contributed by atoms with Crippen LogP contribution >= 0.6 is 0 Å². The zero-order valence-electron chi connectivity index (χ0n) is 9.23. The minimum absolute atomic E-state index is 0.0400. The number of benzene rings is 1. The molecule has 0 spiro atoms. The van der Waals surface area contributed by atoms with Gasteiger partial charge in [-0.2, -0.15) is 24.2 Å². The molecular weight excluding hydrogens is 265 g/mol. The molecule has 0 unspecified atom stereocenters. The molecule has 2 aromatic rings. The summed E-state index contributed by atoms with van der Waals surface area (Å²) in [6.45, 7) is -3.09. The lowest BCUT2D eigenvalue weighted by Gasteiger charge is -2.06. The van der Waals surface area contributed by atoms with Gasteiger partial charge in [-0.05, 0) is 12.1 Å². The lowest BCUT2D eigenvalue weighted by molar-refractivity contribution is -0.0499. The Balaban J connectivity index is 2.47. The third kappa shape index (κ3) is 2.81. The molecule has 1 amide bonds. The predicted octanol–water partition coefficient (Wildman–Crippen LogP) is 1.31. The van der Waals surface area contributed by atoms with E-state index in [1.165, 1.54) is 0 Å². The number of aromatic nitrogens is 3. The molecule has 1 heterocycles. The number of amides is 1. The molecule has 3 N–H and O–H groups in total. The number of rotatable bonds is 4. The second-order valence-electron chi connectivity index (χ2n) is 3.44. The molecule has 0 aliphatic rings. The average Bonchev–Trinajstić information content (AvgIpc) is 2.75. The molecule has 19 heavy (non-hydrogen) atoms. The Morgan fingerprint density at radius 2 is 2.05 bits per heavy atom. The lowest BCUT2D eigenvalue weighted by Crippen LogP contribution is -2.12. The average molecular weight is 272 g/mol. The standard InChI is InChI=1S/C10H7F3N4O2/c11-5-1-4(2-6(3-5)19-10(12)13)7-8(9(14)18)16-17-15-7/h1-3,10H,(H2,14,18)(H,15,16,17). The van der Waals surface area contributed by atoms with Gasteiger partial charge in [-0.15, -0.1) is 0 Å². The van der Waals surface area contributed by atoms with E-state index in [-0.39, 0.29) is 17.0 Å². The monoisotopic (exact) mass is 272 g/mol. The van der Waals surface area contributed by atoms with E-state index in [1.807, 2.05) is 0 Å². The minimum atomic E-state index is -3.09. The molecule has 0 radical (unpaired) electrons. The molecule has 0 bridgehead atoms. The molecule has 1 aromatic carbocycles. The highest BCUT2D eigenvalue weighted by molar-refractivity contribution is 5.96. The highest BCUT2D eigenvalue weighted by atomic mass is 19.3. The molecule has 0 saturated carbocycles. The van der Waals surface area contributed by atoms with Crippen molar-refractivity contribution in [3.63, 3.8) is 0 Å². The van der Waals surface area contributed by atoms with Crippen molar-refractivity contribution in [2.75, 3.05) is 0 Å². The highest BCUT2D eigenvalue weighted by Gasteiger charge is 2.17. The van der Waals surface area contributed by atoms with E-state index in [9.17, 15) is 18.0 Å². The van der Waals surface area contributed by atoms with E-state index in [0.29, 0.717) is 0 Å². The summed E-state index contributed by atoms with van der Waals surface area (Å²) in [5, 5.41) is 9.26. The van der Waals surface area contributed by atoms with Crippen molar-refractivity contribution in [1.29, 1.82) is 0 Å². The molecule has 1 aromatic heterocycles. The summed E-state index contributed by atoms with van der Waals surface area (Å²) in [6, 6.07) is 2.86. The van der Waals surface area contributed by atoms with Crippen molar-refractivity contribution in [3.05, 3.63) is 29.7 Å². The minimum Gasteiger partial charge on any atom is -0.435 e. The van der Waals surface area contributed by atoms with Crippen LogP contribution in [0.1, 0.15) is 10.5 Å². The number of nitrogens with zero attached hydrogens (tertiary/aromatic N) is 2. The highest BCUT2D eigenvalue weighted by Crippen LogP contribution is 2.26. The van der Waals surface area contributed by atoms with E-state index >= 15 is 0 Å². The number of nitrogens with one attached hydrogen (secondary N) is 1. The normalized spacial score (nSPS) is 10.7. The quantitative estimate of drug-likeness (QED) is 0.877. The van der Waals surface area contributed by atoms with Crippen LogP contribution in [0.25, 0.3) is 11.3 Å². The van der Waals surface area contributed by atoms with Crippen LogP contribution in [0, 0.1) is 5.82 Å². The van der Waals surface area contributed by atoms with Crippen molar-refractivity contribution in [1.82, 2.24) is 15.4 Å². The number of H-pyrrole nitrogens is 1. The van der Waals surface area contributed by atoms with E-state index in [2.05, 4.69) is 20.1 Å². The third-order valence-corrected chi connectivity index (χ3v) is 2.15. The zero-order valence-corrected chi connectivity index (χ0v) is 9.23. The van der Waals surface area contributed by atoms with Gasteiger partial charge in [-0.25, -0.2) is 4.39 Å². The van der Waals surface area contributed by atoms with Crippen LogP contribution in [-0.2, 0) is 0 Å². The van der Waals surface area contributed by atoms with Gasteiger partial charge in [0.2, 0.25) is 0 Å². The van der Waals surface area contributed by atoms with Crippen LogP contribution in [-0.4, -0.2) is 27.9 Å².